The Kier molecular flexibility index (Phi) is 5.01. The van der Waals surface area contributed by atoms with E-state index < -0.39 is 5.97 Å². The Bertz CT molecular complexity index is 440. The monoisotopic (exact) mass is 278 g/mol. The standard InChI is InChI=1S/C16H22O4/c1-11-4-9-15(12(2)10-11)19-20-16(17)13-5-7-14(18-3)8-6-13/h5-8,11-12,15H,4,9-10H2,1-3H3. The van der Waals surface area contributed by atoms with Crippen molar-refractivity contribution in [1.29, 1.82) is 0 Å². The first-order valence-corrected chi connectivity index (χ1v) is 7.12. The van der Waals surface area contributed by atoms with Gasteiger partial charge >= 0.3 is 5.97 Å². The van der Waals surface area contributed by atoms with Crippen LogP contribution in [0.2, 0.25) is 0 Å². The van der Waals surface area contributed by atoms with Crippen molar-refractivity contribution in [2.24, 2.45) is 11.8 Å². The zero-order chi connectivity index (χ0) is 14.5. The lowest BCUT2D eigenvalue weighted by Crippen LogP contribution is -2.29. The Morgan fingerprint density at radius 3 is 2.45 bits per heavy atom. The van der Waals surface area contributed by atoms with Gasteiger partial charge in [0, 0.05) is 0 Å². The van der Waals surface area contributed by atoms with Crippen molar-refractivity contribution in [3.63, 3.8) is 0 Å². The highest BCUT2D eigenvalue weighted by Gasteiger charge is 2.28. The molecule has 0 amide bonds. The molecule has 0 aliphatic heterocycles. The summed E-state index contributed by atoms with van der Waals surface area (Å²) in [7, 11) is 1.59. The predicted octanol–water partition coefficient (Wildman–Crippen LogP) is 3.61. The molecule has 3 unspecified atom stereocenters. The van der Waals surface area contributed by atoms with Crippen molar-refractivity contribution in [3.8, 4) is 5.75 Å². The molecule has 4 nitrogen and oxygen atoms in total. The van der Waals surface area contributed by atoms with Crippen molar-refractivity contribution < 1.29 is 19.3 Å². The van der Waals surface area contributed by atoms with Crippen LogP contribution in [-0.4, -0.2) is 19.2 Å². The molecule has 20 heavy (non-hydrogen) atoms. The summed E-state index contributed by atoms with van der Waals surface area (Å²) in [5.74, 6) is 1.39. The van der Waals surface area contributed by atoms with E-state index in [0.29, 0.717) is 17.2 Å². The third kappa shape index (κ3) is 3.73. The summed E-state index contributed by atoms with van der Waals surface area (Å²) in [4.78, 5) is 22.2. The van der Waals surface area contributed by atoms with Crippen LogP contribution in [0.3, 0.4) is 0 Å². The molecule has 1 aromatic rings. The molecule has 4 heteroatoms. The zero-order valence-electron chi connectivity index (χ0n) is 12.3. The number of carbonyl (C=O) groups excluding carboxylic acids is 1. The first-order valence-electron chi connectivity index (χ1n) is 7.12. The predicted molar refractivity (Wildman–Crippen MR) is 75.5 cm³/mol. The topological polar surface area (TPSA) is 44.8 Å². The van der Waals surface area contributed by atoms with Gasteiger partial charge in [0.25, 0.3) is 0 Å². The van der Waals surface area contributed by atoms with Crippen LogP contribution >= 0.6 is 0 Å². The molecule has 110 valence electrons. The number of rotatable bonds is 4. The molecule has 1 aromatic carbocycles. The minimum atomic E-state index is -0.460. The Morgan fingerprint density at radius 1 is 1.15 bits per heavy atom. The zero-order valence-corrected chi connectivity index (χ0v) is 12.3. The number of ether oxygens (including phenoxy) is 1. The summed E-state index contributed by atoms with van der Waals surface area (Å²) < 4.78 is 5.04. The number of methoxy groups -OCH3 is 1. The average Bonchev–Trinajstić information content (AvgIpc) is 2.46. The summed E-state index contributed by atoms with van der Waals surface area (Å²) >= 11 is 0. The fourth-order valence-electron chi connectivity index (χ4n) is 2.66. The van der Waals surface area contributed by atoms with Crippen LogP contribution in [0.4, 0.5) is 0 Å². The van der Waals surface area contributed by atoms with Crippen LogP contribution in [0.1, 0.15) is 43.5 Å². The van der Waals surface area contributed by atoms with Gasteiger partial charge in [0.05, 0.1) is 12.7 Å². The smallest absolute Gasteiger partial charge is 0.373 e. The van der Waals surface area contributed by atoms with Gasteiger partial charge in [0.15, 0.2) is 0 Å². The quantitative estimate of drug-likeness (QED) is 0.623. The molecule has 0 N–H and O–H groups in total. The van der Waals surface area contributed by atoms with E-state index in [-0.39, 0.29) is 6.10 Å². The molecule has 0 spiro atoms. The van der Waals surface area contributed by atoms with Crippen molar-refractivity contribution in [2.45, 2.75) is 39.2 Å². The first-order chi connectivity index (χ1) is 9.60. The van der Waals surface area contributed by atoms with E-state index >= 15 is 0 Å². The van der Waals surface area contributed by atoms with Crippen LogP contribution in [-0.2, 0) is 9.78 Å². The molecular weight excluding hydrogens is 256 g/mol. The van der Waals surface area contributed by atoms with Crippen molar-refractivity contribution in [2.75, 3.05) is 7.11 Å². The first kappa shape index (κ1) is 14.9. The molecule has 0 bridgehead atoms. The van der Waals surface area contributed by atoms with Crippen LogP contribution in [0.5, 0.6) is 5.75 Å². The van der Waals surface area contributed by atoms with E-state index in [0.717, 1.165) is 25.2 Å². The minimum Gasteiger partial charge on any atom is -0.497 e. The summed E-state index contributed by atoms with van der Waals surface area (Å²) in [6.45, 7) is 4.39. The van der Waals surface area contributed by atoms with Gasteiger partial charge in [-0.3, -0.25) is 4.89 Å². The second-order valence-corrected chi connectivity index (χ2v) is 5.63. The molecule has 1 fully saturated rings. The van der Waals surface area contributed by atoms with Gasteiger partial charge in [0.1, 0.15) is 11.9 Å². The van der Waals surface area contributed by atoms with Gasteiger partial charge in [-0.15, -0.1) is 0 Å². The highest BCUT2D eigenvalue weighted by atomic mass is 17.2. The largest absolute Gasteiger partial charge is 0.497 e. The fourth-order valence-corrected chi connectivity index (χ4v) is 2.66. The van der Waals surface area contributed by atoms with E-state index in [1.807, 2.05) is 0 Å². The number of hydrogen-bond donors (Lipinski definition) is 0. The Hall–Kier alpha value is -1.55. The number of benzene rings is 1. The molecule has 0 aromatic heterocycles. The van der Waals surface area contributed by atoms with Gasteiger partial charge < -0.3 is 4.74 Å². The molecule has 1 saturated carbocycles. The summed E-state index contributed by atoms with van der Waals surface area (Å²) in [5, 5.41) is 0. The van der Waals surface area contributed by atoms with Crippen molar-refractivity contribution in [1.82, 2.24) is 0 Å². The molecule has 0 heterocycles. The SMILES string of the molecule is COc1ccc(C(=O)OOC2CCC(C)CC2C)cc1. The van der Waals surface area contributed by atoms with E-state index in [1.165, 1.54) is 0 Å². The summed E-state index contributed by atoms with van der Waals surface area (Å²) in [6, 6.07) is 6.77. The van der Waals surface area contributed by atoms with Crippen LogP contribution in [0.25, 0.3) is 0 Å². The maximum Gasteiger partial charge on any atom is 0.373 e. The van der Waals surface area contributed by atoms with Crippen LogP contribution in [0.15, 0.2) is 24.3 Å². The summed E-state index contributed by atoms with van der Waals surface area (Å²) in [5.41, 5.74) is 0.461. The lowest BCUT2D eigenvalue weighted by Gasteiger charge is -2.30. The number of hydrogen-bond acceptors (Lipinski definition) is 4. The Morgan fingerprint density at radius 2 is 1.85 bits per heavy atom. The highest BCUT2D eigenvalue weighted by Crippen LogP contribution is 2.30. The molecule has 1 aliphatic carbocycles. The third-order valence-electron chi connectivity index (χ3n) is 3.93. The molecular formula is C16H22O4. The Labute approximate surface area is 120 Å². The van der Waals surface area contributed by atoms with Crippen LogP contribution < -0.4 is 4.74 Å². The lowest BCUT2D eigenvalue weighted by atomic mass is 9.81. The molecule has 0 radical (unpaired) electrons. The van der Waals surface area contributed by atoms with Gasteiger partial charge in [-0.2, -0.15) is 4.89 Å². The van der Waals surface area contributed by atoms with Crippen molar-refractivity contribution >= 4 is 5.97 Å². The second-order valence-electron chi connectivity index (χ2n) is 5.63. The van der Waals surface area contributed by atoms with Gasteiger partial charge in [0.2, 0.25) is 0 Å². The fraction of sp³-hybridized carbons (Fsp3) is 0.562. The lowest BCUT2D eigenvalue weighted by molar-refractivity contribution is -0.290. The minimum absolute atomic E-state index is 0.00778. The second kappa shape index (κ2) is 6.75. The molecule has 2 rings (SSSR count). The third-order valence-corrected chi connectivity index (χ3v) is 3.93. The van der Waals surface area contributed by atoms with Crippen LogP contribution in [0, 0.1) is 11.8 Å². The summed E-state index contributed by atoms with van der Waals surface area (Å²) in [6.07, 6.45) is 3.19. The van der Waals surface area contributed by atoms with E-state index in [4.69, 9.17) is 14.5 Å². The molecule has 0 saturated heterocycles. The average molecular weight is 278 g/mol. The Balaban J connectivity index is 1.85. The van der Waals surface area contributed by atoms with Gasteiger partial charge in [-0.25, -0.2) is 4.79 Å². The normalized spacial score (nSPS) is 26.1. The van der Waals surface area contributed by atoms with E-state index in [2.05, 4.69) is 13.8 Å². The van der Waals surface area contributed by atoms with E-state index in [9.17, 15) is 4.79 Å². The maximum atomic E-state index is 11.9. The van der Waals surface area contributed by atoms with Gasteiger partial charge in [-0.05, 0) is 55.4 Å². The molecule has 1 aliphatic rings. The molecule has 3 atom stereocenters. The number of carbonyl (C=O) groups is 1. The van der Waals surface area contributed by atoms with Gasteiger partial charge in [-0.1, -0.05) is 13.8 Å². The van der Waals surface area contributed by atoms with E-state index in [1.54, 1.807) is 31.4 Å². The maximum absolute atomic E-state index is 11.9. The highest BCUT2D eigenvalue weighted by molar-refractivity contribution is 5.89. The van der Waals surface area contributed by atoms with Crippen molar-refractivity contribution in [3.05, 3.63) is 29.8 Å².